The van der Waals surface area contributed by atoms with Crippen LogP contribution in [-0.4, -0.2) is 75.3 Å². The largest absolute Gasteiger partial charge is 0.462 e. The number of ether oxygens (including phenoxy) is 4. The van der Waals surface area contributed by atoms with Crippen molar-refractivity contribution in [1.29, 1.82) is 5.26 Å². The fourth-order valence-corrected chi connectivity index (χ4v) is 4.42. The van der Waals surface area contributed by atoms with Crippen molar-refractivity contribution in [3.63, 3.8) is 0 Å². The highest BCUT2D eigenvalue weighted by atomic mass is 16.6. The smallest absolute Gasteiger partial charge is 0.412 e. The van der Waals surface area contributed by atoms with Crippen molar-refractivity contribution in [2.24, 2.45) is 11.1 Å². The van der Waals surface area contributed by atoms with Crippen molar-refractivity contribution in [3.05, 3.63) is 24.2 Å². The van der Waals surface area contributed by atoms with Crippen LogP contribution in [0.2, 0.25) is 0 Å². The summed E-state index contributed by atoms with van der Waals surface area (Å²) in [5.41, 5.74) is 3.67. The second-order valence-electron chi connectivity index (χ2n) is 11.2. The van der Waals surface area contributed by atoms with E-state index in [0.29, 0.717) is 0 Å². The van der Waals surface area contributed by atoms with Gasteiger partial charge in [-0.25, -0.2) is 14.3 Å². The lowest BCUT2D eigenvalue weighted by molar-refractivity contribution is -0.161. The van der Waals surface area contributed by atoms with Gasteiger partial charge in [-0.2, -0.15) is 10.4 Å². The molecular formula is C28H40N6O8. The van der Waals surface area contributed by atoms with Crippen molar-refractivity contribution in [3.8, 4) is 6.07 Å². The number of anilines is 1. The number of nitriles is 1. The second kappa shape index (κ2) is 13.9. The lowest BCUT2D eigenvalue weighted by Crippen LogP contribution is -2.45. The van der Waals surface area contributed by atoms with E-state index in [1.807, 2.05) is 6.07 Å². The van der Waals surface area contributed by atoms with Crippen molar-refractivity contribution < 1.29 is 38.4 Å². The van der Waals surface area contributed by atoms with E-state index >= 15 is 0 Å². The number of hydrogen-bond acceptors (Lipinski definition) is 12. The number of rotatable bonds is 12. The monoisotopic (exact) mass is 588 g/mol. The Kier molecular flexibility index (Phi) is 10.8. The first kappa shape index (κ1) is 32.7. The third kappa shape index (κ3) is 7.15. The molecule has 42 heavy (non-hydrogen) atoms. The average Bonchev–Trinajstić information content (AvgIpc) is 3.51. The number of nitrogens with zero attached hydrogens (tertiary/aromatic N) is 4. The average molecular weight is 589 g/mol. The Morgan fingerprint density at radius 3 is 2.62 bits per heavy atom. The SMILES string of the molecule is CCCCCCOC(=O)Nc1ncnn2c([C@]3(C#N)O[C@H](COC(=O)[C@@H](N)C(C)(C)C)[C@@H](OC(=O)CC)[C@H]3O)ccc12. The van der Waals surface area contributed by atoms with E-state index in [9.17, 15) is 24.8 Å². The van der Waals surface area contributed by atoms with Gasteiger partial charge in [0.1, 0.15) is 42.8 Å². The Balaban J connectivity index is 1.88. The van der Waals surface area contributed by atoms with Gasteiger partial charge in [-0.05, 0) is 24.0 Å². The Bertz CT molecular complexity index is 1300. The third-order valence-corrected chi connectivity index (χ3v) is 7.01. The molecule has 1 amide bonds. The molecule has 0 radical (unpaired) electrons. The molecule has 4 N–H and O–H groups in total. The summed E-state index contributed by atoms with van der Waals surface area (Å²) in [5, 5.41) is 28.5. The molecule has 0 bridgehead atoms. The first-order chi connectivity index (χ1) is 19.9. The van der Waals surface area contributed by atoms with Crippen LogP contribution in [0.15, 0.2) is 18.5 Å². The molecule has 0 aliphatic carbocycles. The minimum absolute atomic E-state index is 0.00477. The topological polar surface area (TPSA) is 200 Å². The molecule has 2 aromatic rings. The van der Waals surface area contributed by atoms with E-state index in [2.05, 4.69) is 22.3 Å². The summed E-state index contributed by atoms with van der Waals surface area (Å²) < 4.78 is 23.4. The van der Waals surface area contributed by atoms with E-state index in [-0.39, 0.29) is 30.1 Å². The normalized spacial score (nSPS) is 22.8. The Morgan fingerprint density at radius 1 is 1.24 bits per heavy atom. The highest BCUT2D eigenvalue weighted by Crippen LogP contribution is 2.42. The van der Waals surface area contributed by atoms with Crippen LogP contribution in [0.3, 0.4) is 0 Å². The van der Waals surface area contributed by atoms with Gasteiger partial charge in [0.15, 0.2) is 11.9 Å². The minimum atomic E-state index is -2.10. The number of nitrogens with two attached hydrogens (primary N) is 1. The number of aliphatic hydroxyl groups is 1. The maximum Gasteiger partial charge on any atom is 0.412 e. The number of hydrogen-bond donors (Lipinski definition) is 3. The predicted molar refractivity (Wildman–Crippen MR) is 149 cm³/mol. The summed E-state index contributed by atoms with van der Waals surface area (Å²) >= 11 is 0. The number of carbonyl (C=O) groups excluding carboxylic acids is 3. The fourth-order valence-electron chi connectivity index (χ4n) is 4.42. The number of unbranched alkanes of at least 4 members (excludes halogenated alkanes) is 3. The fraction of sp³-hybridized carbons (Fsp3) is 0.643. The van der Waals surface area contributed by atoms with Gasteiger partial charge < -0.3 is 29.8 Å². The molecule has 3 rings (SSSR count). The van der Waals surface area contributed by atoms with Crippen LogP contribution in [0.25, 0.3) is 5.52 Å². The number of aromatic nitrogens is 3. The van der Waals surface area contributed by atoms with Crippen LogP contribution < -0.4 is 11.1 Å². The zero-order valence-corrected chi connectivity index (χ0v) is 24.7. The van der Waals surface area contributed by atoms with Crippen molar-refractivity contribution in [1.82, 2.24) is 14.6 Å². The maximum atomic E-state index is 12.6. The molecule has 1 aliphatic rings. The van der Waals surface area contributed by atoms with Crippen molar-refractivity contribution in [2.75, 3.05) is 18.5 Å². The van der Waals surface area contributed by atoms with E-state index in [4.69, 9.17) is 24.7 Å². The molecule has 1 aliphatic heterocycles. The van der Waals surface area contributed by atoms with Crippen LogP contribution in [0.1, 0.15) is 72.4 Å². The highest BCUT2D eigenvalue weighted by Gasteiger charge is 2.60. The van der Waals surface area contributed by atoms with Gasteiger partial charge in [0.05, 0.1) is 12.3 Å². The maximum absolute atomic E-state index is 12.6. The number of aliphatic hydroxyl groups excluding tert-OH is 1. The number of amides is 1. The molecule has 0 spiro atoms. The molecule has 1 fully saturated rings. The molecule has 14 nitrogen and oxygen atoms in total. The van der Waals surface area contributed by atoms with E-state index < -0.39 is 60.0 Å². The van der Waals surface area contributed by atoms with Gasteiger partial charge in [-0.15, -0.1) is 0 Å². The molecular weight excluding hydrogens is 548 g/mol. The Morgan fingerprint density at radius 2 is 1.98 bits per heavy atom. The molecule has 1 saturated heterocycles. The lowest BCUT2D eigenvalue weighted by Gasteiger charge is -2.26. The van der Waals surface area contributed by atoms with Gasteiger partial charge in [0.2, 0.25) is 5.60 Å². The zero-order chi connectivity index (χ0) is 31.1. The van der Waals surface area contributed by atoms with Crippen LogP contribution in [0.4, 0.5) is 10.6 Å². The first-order valence-electron chi connectivity index (χ1n) is 14.0. The third-order valence-electron chi connectivity index (χ3n) is 7.01. The van der Waals surface area contributed by atoms with Gasteiger partial charge in [0.25, 0.3) is 0 Å². The van der Waals surface area contributed by atoms with E-state index in [0.717, 1.165) is 32.0 Å². The second-order valence-corrected chi connectivity index (χ2v) is 11.2. The molecule has 14 heteroatoms. The standard InChI is InChI=1S/C28H40N6O8/c1-6-8-9-10-13-39-26(38)33-24-17-11-12-19(34(17)32-16-31-24)28(15-29)23(36)21(41-20(35)7-2)18(42-28)14-40-25(37)22(30)27(3,4)5/h11-12,16,18,21-23,36H,6-10,13-14,30H2,1-5H3,(H,31,32,33,38)/t18-,21-,22-,23-,28+/m1/s1. The van der Waals surface area contributed by atoms with Gasteiger partial charge in [-0.1, -0.05) is 53.9 Å². The summed E-state index contributed by atoms with van der Waals surface area (Å²) in [4.78, 5) is 41.3. The molecule has 2 aromatic heterocycles. The summed E-state index contributed by atoms with van der Waals surface area (Å²) in [6.07, 6.45) is -0.0364. The minimum Gasteiger partial charge on any atom is -0.462 e. The predicted octanol–water partition coefficient (Wildman–Crippen LogP) is 2.58. The molecule has 5 atom stereocenters. The van der Waals surface area contributed by atoms with Gasteiger partial charge in [-0.3, -0.25) is 14.9 Å². The summed E-state index contributed by atoms with van der Waals surface area (Å²) in [7, 11) is 0. The van der Waals surface area contributed by atoms with Gasteiger partial charge >= 0.3 is 18.0 Å². The molecule has 230 valence electrons. The first-order valence-corrected chi connectivity index (χ1v) is 14.0. The highest BCUT2D eigenvalue weighted by molar-refractivity contribution is 5.88. The van der Waals surface area contributed by atoms with E-state index in [1.165, 1.54) is 16.6 Å². The van der Waals surface area contributed by atoms with Gasteiger partial charge in [0, 0.05) is 6.42 Å². The number of esters is 2. The number of carbonyl (C=O) groups is 3. The molecule has 3 heterocycles. The summed E-state index contributed by atoms with van der Waals surface area (Å²) in [5.74, 6) is -1.27. The van der Waals surface area contributed by atoms with E-state index in [1.54, 1.807) is 27.7 Å². The Labute approximate surface area is 244 Å². The molecule has 0 saturated carbocycles. The lowest BCUT2D eigenvalue weighted by atomic mass is 9.87. The van der Waals surface area contributed by atoms with Crippen LogP contribution in [-0.2, 0) is 34.1 Å². The van der Waals surface area contributed by atoms with Crippen molar-refractivity contribution in [2.45, 2.75) is 96.7 Å². The summed E-state index contributed by atoms with van der Waals surface area (Å²) in [6, 6.07) is 4.04. The van der Waals surface area contributed by atoms with Crippen LogP contribution in [0.5, 0.6) is 0 Å². The van der Waals surface area contributed by atoms with Crippen LogP contribution in [0, 0.1) is 16.7 Å². The molecule has 0 unspecified atom stereocenters. The number of fused-ring (bicyclic) bond motifs is 1. The number of nitrogens with one attached hydrogen (secondary N) is 1. The zero-order valence-electron chi connectivity index (χ0n) is 24.7. The quantitative estimate of drug-likeness (QED) is 0.186. The van der Waals surface area contributed by atoms with Crippen molar-refractivity contribution >= 4 is 29.4 Å². The molecule has 0 aromatic carbocycles. The summed E-state index contributed by atoms with van der Waals surface area (Å²) in [6.45, 7) is 8.79. The Hall–Kier alpha value is -3.80. The van der Waals surface area contributed by atoms with Crippen LogP contribution >= 0.6 is 0 Å².